The standard InChI is InChI=1S/C18H27NO/c1-12-4-5-13(2)18(14(12)3)20-11-10-19-17(15-6-7-15)16-8-9-16/h4-5,15-17,19H,6-11H2,1-3H3. The van der Waals surface area contributed by atoms with Crippen molar-refractivity contribution in [1.29, 1.82) is 0 Å². The summed E-state index contributed by atoms with van der Waals surface area (Å²) in [5.74, 6) is 3.01. The van der Waals surface area contributed by atoms with Gasteiger partial charge in [-0.3, -0.25) is 0 Å². The highest BCUT2D eigenvalue weighted by Crippen LogP contribution is 2.44. The molecule has 0 radical (unpaired) electrons. The van der Waals surface area contributed by atoms with E-state index in [1.807, 2.05) is 0 Å². The van der Waals surface area contributed by atoms with E-state index in [0.717, 1.165) is 36.8 Å². The Morgan fingerprint density at radius 1 is 1.05 bits per heavy atom. The van der Waals surface area contributed by atoms with E-state index in [1.165, 1.54) is 42.4 Å². The Kier molecular flexibility index (Phi) is 4.02. The Labute approximate surface area is 122 Å². The molecule has 0 atom stereocenters. The van der Waals surface area contributed by atoms with Crippen molar-refractivity contribution in [2.45, 2.75) is 52.5 Å². The Morgan fingerprint density at radius 3 is 2.25 bits per heavy atom. The molecule has 0 unspecified atom stereocenters. The first kappa shape index (κ1) is 13.9. The van der Waals surface area contributed by atoms with Gasteiger partial charge in [0.15, 0.2) is 0 Å². The van der Waals surface area contributed by atoms with Gasteiger partial charge in [0.1, 0.15) is 12.4 Å². The molecule has 2 aliphatic rings. The van der Waals surface area contributed by atoms with Gasteiger partial charge in [-0.1, -0.05) is 12.1 Å². The average molecular weight is 273 g/mol. The third-order valence-corrected chi connectivity index (χ3v) is 4.86. The molecule has 0 amide bonds. The Bertz CT molecular complexity index is 463. The summed E-state index contributed by atoms with van der Waals surface area (Å²) >= 11 is 0. The minimum absolute atomic E-state index is 0.776. The summed E-state index contributed by atoms with van der Waals surface area (Å²) in [6.45, 7) is 8.19. The third kappa shape index (κ3) is 3.17. The van der Waals surface area contributed by atoms with Crippen LogP contribution in [0.5, 0.6) is 5.75 Å². The zero-order valence-electron chi connectivity index (χ0n) is 13.0. The van der Waals surface area contributed by atoms with Gasteiger partial charge in [0.05, 0.1) is 0 Å². The molecule has 2 fully saturated rings. The van der Waals surface area contributed by atoms with E-state index in [9.17, 15) is 0 Å². The first-order valence-corrected chi connectivity index (χ1v) is 8.10. The number of hydrogen-bond acceptors (Lipinski definition) is 2. The Morgan fingerprint density at radius 2 is 1.65 bits per heavy atom. The lowest BCUT2D eigenvalue weighted by Crippen LogP contribution is -2.36. The van der Waals surface area contributed by atoms with Crippen LogP contribution in [0.4, 0.5) is 0 Å². The lowest BCUT2D eigenvalue weighted by atomic mass is 10.1. The van der Waals surface area contributed by atoms with Crippen molar-refractivity contribution in [3.05, 3.63) is 28.8 Å². The van der Waals surface area contributed by atoms with Gasteiger partial charge < -0.3 is 10.1 Å². The fraction of sp³-hybridized carbons (Fsp3) is 0.667. The molecule has 3 rings (SSSR count). The first-order valence-electron chi connectivity index (χ1n) is 8.10. The maximum Gasteiger partial charge on any atom is 0.125 e. The van der Waals surface area contributed by atoms with Gasteiger partial charge in [-0.15, -0.1) is 0 Å². The molecule has 20 heavy (non-hydrogen) atoms. The van der Waals surface area contributed by atoms with E-state index in [2.05, 4.69) is 38.2 Å². The van der Waals surface area contributed by atoms with Crippen LogP contribution in [0.25, 0.3) is 0 Å². The molecule has 1 N–H and O–H groups in total. The van der Waals surface area contributed by atoms with Crippen molar-refractivity contribution in [2.24, 2.45) is 11.8 Å². The van der Waals surface area contributed by atoms with Crippen LogP contribution in [-0.2, 0) is 0 Å². The number of rotatable bonds is 7. The quantitative estimate of drug-likeness (QED) is 0.764. The largest absolute Gasteiger partial charge is 0.492 e. The van der Waals surface area contributed by atoms with E-state index in [4.69, 9.17) is 4.74 Å². The van der Waals surface area contributed by atoms with Gasteiger partial charge >= 0.3 is 0 Å². The van der Waals surface area contributed by atoms with Crippen molar-refractivity contribution < 1.29 is 4.74 Å². The van der Waals surface area contributed by atoms with Crippen LogP contribution in [0.1, 0.15) is 42.4 Å². The lowest BCUT2D eigenvalue weighted by Gasteiger charge is -2.19. The Hall–Kier alpha value is -1.02. The average Bonchev–Trinajstić information content (AvgIpc) is 3.29. The summed E-state index contributed by atoms with van der Waals surface area (Å²) in [7, 11) is 0. The molecule has 0 aromatic heterocycles. The molecule has 2 saturated carbocycles. The van der Waals surface area contributed by atoms with E-state index in [-0.39, 0.29) is 0 Å². The molecule has 0 aliphatic heterocycles. The molecule has 1 aromatic rings. The van der Waals surface area contributed by atoms with E-state index in [0.29, 0.717) is 0 Å². The molecule has 1 aromatic carbocycles. The van der Waals surface area contributed by atoms with Gasteiger partial charge in [-0.25, -0.2) is 0 Å². The van der Waals surface area contributed by atoms with Gasteiger partial charge in [-0.05, 0) is 75.0 Å². The van der Waals surface area contributed by atoms with E-state index in [1.54, 1.807) is 0 Å². The highest BCUT2D eigenvalue weighted by molar-refractivity contribution is 5.44. The predicted octanol–water partition coefficient (Wildman–Crippen LogP) is 3.77. The van der Waals surface area contributed by atoms with Crippen molar-refractivity contribution in [2.75, 3.05) is 13.2 Å². The normalized spacial score (nSPS) is 18.6. The van der Waals surface area contributed by atoms with Crippen LogP contribution in [0.3, 0.4) is 0 Å². The van der Waals surface area contributed by atoms with Gasteiger partial charge in [0.2, 0.25) is 0 Å². The molecule has 0 heterocycles. The summed E-state index contributed by atoms with van der Waals surface area (Å²) in [5, 5.41) is 3.74. The summed E-state index contributed by atoms with van der Waals surface area (Å²) in [5.41, 5.74) is 3.84. The maximum absolute atomic E-state index is 6.04. The van der Waals surface area contributed by atoms with Crippen molar-refractivity contribution in [3.63, 3.8) is 0 Å². The van der Waals surface area contributed by atoms with Crippen molar-refractivity contribution >= 4 is 0 Å². The smallest absolute Gasteiger partial charge is 0.125 e. The summed E-state index contributed by atoms with van der Waals surface area (Å²) in [4.78, 5) is 0. The number of hydrogen-bond donors (Lipinski definition) is 1. The van der Waals surface area contributed by atoms with Crippen LogP contribution >= 0.6 is 0 Å². The lowest BCUT2D eigenvalue weighted by molar-refractivity contribution is 0.290. The summed E-state index contributed by atoms with van der Waals surface area (Å²) in [6, 6.07) is 5.10. The maximum atomic E-state index is 6.04. The van der Waals surface area contributed by atoms with Crippen LogP contribution in [0.2, 0.25) is 0 Å². The predicted molar refractivity (Wildman–Crippen MR) is 83.4 cm³/mol. The highest BCUT2D eigenvalue weighted by Gasteiger charge is 2.40. The van der Waals surface area contributed by atoms with Crippen molar-refractivity contribution in [1.82, 2.24) is 5.32 Å². The molecular weight excluding hydrogens is 246 g/mol. The molecule has 2 heteroatoms. The fourth-order valence-corrected chi connectivity index (χ4v) is 3.16. The SMILES string of the molecule is Cc1ccc(C)c(OCCNC(C2CC2)C2CC2)c1C. The van der Waals surface area contributed by atoms with Crippen LogP contribution in [0, 0.1) is 32.6 Å². The monoisotopic (exact) mass is 273 g/mol. The first-order chi connectivity index (χ1) is 9.66. The number of ether oxygens (including phenoxy) is 1. The van der Waals surface area contributed by atoms with Gasteiger partial charge in [0.25, 0.3) is 0 Å². The fourth-order valence-electron chi connectivity index (χ4n) is 3.16. The van der Waals surface area contributed by atoms with E-state index >= 15 is 0 Å². The number of aryl methyl sites for hydroxylation is 2. The zero-order chi connectivity index (χ0) is 14.1. The molecule has 0 spiro atoms. The molecule has 0 bridgehead atoms. The zero-order valence-corrected chi connectivity index (χ0v) is 13.0. The van der Waals surface area contributed by atoms with E-state index < -0.39 is 0 Å². The van der Waals surface area contributed by atoms with Gasteiger partial charge in [0, 0.05) is 12.6 Å². The van der Waals surface area contributed by atoms with Gasteiger partial charge in [-0.2, -0.15) is 0 Å². The second kappa shape index (κ2) is 5.77. The van der Waals surface area contributed by atoms with Crippen LogP contribution in [-0.4, -0.2) is 19.2 Å². The second-order valence-corrected chi connectivity index (χ2v) is 6.66. The molecule has 0 saturated heterocycles. The minimum Gasteiger partial charge on any atom is -0.492 e. The molecule has 2 aliphatic carbocycles. The molecule has 2 nitrogen and oxygen atoms in total. The number of nitrogens with one attached hydrogen (secondary N) is 1. The van der Waals surface area contributed by atoms with Crippen LogP contribution < -0.4 is 10.1 Å². The van der Waals surface area contributed by atoms with Crippen LogP contribution in [0.15, 0.2) is 12.1 Å². The minimum atomic E-state index is 0.776. The summed E-state index contributed by atoms with van der Waals surface area (Å²) in [6.07, 6.45) is 5.74. The second-order valence-electron chi connectivity index (χ2n) is 6.66. The summed E-state index contributed by atoms with van der Waals surface area (Å²) < 4.78 is 6.04. The topological polar surface area (TPSA) is 21.3 Å². The highest BCUT2D eigenvalue weighted by atomic mass is 16.5. The Balaban J connectivity index is 1.49. The number of benzene rings is 1. The molecular formula is C18H27NO. The third-order valence-electron chi connectivity index (χ3n) is 4.86. The molecule has 110 valence electrons. The van der Waals surface area contributed by atoms with Crippen molar-refractivity contribution in [3.8, 4) is 5.75 Å².